The molecule has 0 aromatic carbocycles. The van der Waals surface area contributed by atoms with Gasteiger partial charge in [-0.15, -0.1) is 0 Å². The number of nitrogens with zero attached hydrogens (tertiary/aromatic N) is 3. The van der Waals surface area contributed by atoms with Gasteiger partial charge in [-0.3, -0.25) is 0 Å². The molecule has 0 unspecified atom stereocenters. The molecule has 5 nitrogen and oxygen atoms in total. The maximum Gasteiger partial charge on any atom is 0.523 e. The molecular formula is C4H5N3O2. The lowest BCUT2D eigenvalue weighted by Gasteiger charge is -1.97. The fourth-order valence-electron chi connectivity index (χ4n) is 0.417. The molecule has 1 heterocycles. The molecule has 0 saturated carbocycles. The standard InChI is InChI=1S/C4H5N3O2/c1-9-4-5-2-3-6-7(4)8/h2-3H,1H3. The van der Waals surface area contributed by atoms with Crippen molar-refractivity contribution >= 4 is 0 Å². The molecule has 0 spiro atoms. The predicted octanol–water partition coefficient (Wildman–Crippen LogP) is -0.881. The average Bonchev–Trinajstić information content (AvgIpc) is 1.89. The minimum Gasteiger partial charge on any atom is -0.688 e. The lowest BCUT2D eigenvalue weighted by molar-refractivity contribution is -0.677. The lowest BCUT2D eigenvalue weighted by atomic mass is 10.9. The van der Waals surface area contributed by atoms with Crippen LogP contribution in [0.1, 0.15) is 0 Å². The third-order valence-corrected chi connectivity index (χ3v) is 0.769. The third kappa shape index (κ3) is 1.04. The highest BCUT2D eigenvalue weighted by atomic mass is 16.6. The Labute approximate surface area is 51.5 Å². The van der Waals surface area contributed by atoms with Crippen LogP contribution in [0, 0.1) is 5.21 Å². The molecule has 0 aliphatic heterocycles. The first-order valence-electron chi connectivity index (χ1n) is 2.29. The summed E-state index contributed by atoms with van der Waals surface area (Å²) < 4.78 is 4.52. The fourth-order valence-corrected chi connectivity index (χ4v) is 0.417. The summed E-state index contributed by atoms with van der Waals surface area (Å²) in [6.45, 7) is 0. The molecule has 1 rings (SSSR count). The molecule has 0 atom stereocenters. The van der Waals surface area contributed by atoms with Gasteiger partial charge < -0.3 is 9.94 Å². The Bertz CT molecular complexity index is 203. The van der Waals surface area contributed by atoms with Crippen molar-refractivity contribution in [3.05, 3.63) is 17.6 Å². The number of aromatic nitrogens is 3. The largest absolute Gasteiger partial charge is 0.688 e. The van der Waals surface area contributed by atoms with Crippen LogP contribution >= 0.6 is 0 Å². The minimum absolute atomic E-state index is 0.0440. The molecule has 0 aliphatic rings. The van der Waals surface area contributed by atoms with Gasteiger partial charge in [0.05, 0.1) is 7.11 Å². The van der Waals surface area contributed by atoms with E-state index in [-0.39, 0.29) is 6.01 Å². The van der Waals surface area contributed by atoms with Crippen molar-refractivity contribution in [3.63, 3.8) is 0 Å². The van der Waals surface area contributed by atoms with Gasteiger partial charge in [-0.2, -0.15) is 0 Å². The van der Waals surface area contributed by atoms with Gasteiger partial charge in [0.1, 0.15) is 6.20 Å². The summed E-state index contributed by atoms with van der Waals surface area (Å²) in [5, 5.41) is 13.8. The van der Waals surface area contributed by atoms with Crippen LogP contribution < -0.4 is 9.58 Å². The van der Waals surface area contributed by atoms with E-state index in [4.69, 9.17) is 0 Å². The van der Waals surface area contributed by atoms with Crippen molar-refractivity contribution in [1.82, 2.24) is 10.1 Å². The van der Waals surface area contributed by atoms with Crippen LogP contribution in [0.25, 0.3) is 0 Å². The second-order valence-electron chi connectivity index (χ2n) is 1.30. The van der Waals surface area contributed by atoms with E-state index in [1.165, 1.54) is 19.5 Å². The molecule has 1 aromatic rings. The normalized spacial score (nSPS) is 9.00. The molecule has 5 heteroatoms. The van der Waals surface area contributed by atoms with Crippen molar-refractivity contribution in [3.8, 4) is 6.01 Å². The number of ether oxygens (including phenoxy) is 1. The van der Waals surface area contributed by atoms with Crippen molar-refractivity contribution < 1.29 is 9.58 Å². The summed E-state index contributed by atoms with van der Waals surface area (Å²) in [4.78, 5) is 3.87. The second-order valence-corrected chi connectivity index (χ2v) is 1.30. The van der Waals surface area contributed by atoms with E-state index in [2.05, 4.69) is 14.8 Å². The summed E-state index contributed by atoms with van der Waals surface area (Å²) in [6.07, 6.45) is 2.67. The fraction of sp³-hybridized carbons (Fsp3) is 0.250. The van der Waals surface area contributed by atoms with Crippen molar-refractivity contribution in [1.29, 1.82) is 0 Å². The number of rotatable bonds is 1. The maximum atomic E-state index is 10.5. The van der Waals surface area contributed by atoms with Gasteiger partial charge in [0, 0.05) is 0 Å². The predicted molar refractivity (Wildman–Crippen MR) is 27.5 cm³/mol. The Kier molecular flexibility index (Phi) is 1.44. The zero-order valence-electron chi connectivity index (χ0n) is 4.81. The van der Waals surface area contributed by atoms with Gasteiger partial charge >= 0.3 is 6.01 Å². The molecule has 0 amide bonds. The Balaban J connectivity index is 3.01. The third-order valence-electron chi connectivity index (χ3n) is 0.769. The highest BCUT2D eigenvalue weighted by molar-refractivity contribution is 4.77. The van der Waals surface area contributed by atoms with Crippen LogP contribution in [0.5, 0.6) is 6.01 Å². The average molecular weight is 127 g/mol. The Morgan fingerprint density at radius 1 is 1.67 bits per heavy atom. The first kappa shape index (κ1) is 5.74. The van der Waals surface area contributed by atoms with Gasteiger partial charge in [-0.1, -0.05) is 9.94 Å². The first-order valence-corrected chi connectivity index (χ1v) is 2.29. The summed E-state index contributed by atoms with van der Waals surface area (Å²) in [7, 11) is 1.36. The van der Waals surface area contributed by atoms with E-state index in [0.29, 0.717) is 4.85 Å². The van der Waals surface area contributed by atoms with Gasteiger partial charge in [-0.25, -0.2) is 0 Å². The Hall–Kier alpha value is -1.39. The van der Waals surface area contributed by atoms with E-state index in [1.807, 2.05) is 0 Å². The highest BCUT2D eigenvalue weighted by Crippen LogP contribution is 1.88. The Morgan fingerprint density at radius 2 is 2.44 bits per heavy atom. The van der Waals surface area contributed by atoms with E-state index in [0.717, 1.165) is 0 Å². The quantitative estimate of drug-likeness (QED) is 0.363. The molecule has 0 aliphatic carbocycles. The van der Waals surface area contributed by atoms with Crippen molar-refractivity contribution in [2.24, 2.45) is 0 Å². The molecule has 9 heavy (non-hydrogen) atoms. The highest BCUT2D eigenvalue weighted by Gasteiger charge is 2.03. The number of hydrogen-bond donors (Lipinski definition) is 0. The SMILES string of the molecule is COc1nccn[n+]1[O-]. The van der Waals surface area contributed by atoms with Crippen molar-refractivity contribution in [2.45, 2.75) is 0 Å². The van der Waals surface area contributed by atoms with E-state index in [1.54, 1.807) is 0 Å². The van der Waals surface area contributed by atoms with Crippen molar-refractivity contribution in [2.75, 3.05) is 7.11 Å². The zero-order valence-corrected chi connectivity index (χ0v) is 4.81. The van der Waals surface area contributed by atoms with Crippen LogP contribution in [-0.4, -0.2) is 17.2 Å². The monoisotopic (exact) mass is 127 g/mol. The molecule has 1 aromatic heterocycles. The lowest BCUT2D eigenvalue weighted by Crippen LogP contribution is -2.33. The van der Waals surface area contributed by atoms with Crippen LogP contribution in [0.4, 0.5) is 0 Å². The van der Waals surface area contributed by atoms with Crippen LogP contribution in [0.15, 0.2) is 12.4 Å². The molecule has 0 radical (unpaired) electrons. The van der Waals surface area contributed by atoms with E-state index < -0.39 is 0 Å². The molecular weight excluding hydrogens is 122 g/mol. The van der Waals surface area contributed by atoms with Gasteiger partial charge in [0.2, 0.25) is 0 Å². The molecule has 0 saturated heterocycles. The first-order chi connectivity index (χ1) is 4.34. The van der Waals surface area contributed by atoms with Gasteiger partial charge in [-0.05, 0) is 4.98 Å². The van der Waals surface area contributed by atoms with E-state index in [9.17, 15) is 5.21 Å². The molecule has 0 fully saturated rings. The summed E-state index contributed by atoms with van der Waals surface area (Å²) in [5.41, 5.74) is 0. The maximum absolute atomic E-state index is 10.5. The van der Waals surface area contributed by atoms with Crippen LogP contribution in [-0.2, 0) is 0 Å². The minimum atomic E-state index is -0.0440. The van der Waals surface area contributed by atoms with Crippen LogP contribution in [0.2, 0.25) is 0 Å². The molecule has 48 valence electrons. The number of methoxy groups -OCH3 is 1. The molecule has 0 bridgehead atoms. The topological polar surface area (TPSA) is 62.0 Å². The number of hydrogen-bond acceptors (Lipinski definition) is 4. The van der Waals surface area contributed by atoms with Gasteiger partial charge in [0.15, 0.2) is 6.20 Å². The summed E-state index contributed by atoms with van der Waals surface area (Å²) in [5.74, 6) is 0. The molecule has 0 N–H and O–H groups in total. The second kappa shape index (κ2) is 2.25. The van der Waals surface area contributed by atoms with E-state index >= 15 is 0 Å². The summed E-state index contributed by atoms with van der Waals surface area (Å²) in [6, 6.07) is -0.0440. The van der Waals surface area contributed by atoms with Gasteiger partial charge in [0.25, 0.3) is 0 Å². The van der Waals surface area contributed by atoms with Crippen LogP contribution in [0.3, 0.4) is 0 Å². The Morgan fingerprint density at radius 3 is 2.89 bits per heavy atom. The zero-order chi connectivity index (χ0) is 6.69. The smallest absolute Gasteiger partial charge is 0.523 e. The summed E-state index contributed by atoms with van der Waals surface area (Å²) >= 11 is 0.